The van der Waals surface area contributed by atoms with Crippen molar-refractivity contribution in [2.75, 3.05) is 0 Å². The Kier molecular flexibility index (Phi) is 3.84. The Hall–Kier alpha value is -0.790. The molecule has 0 aliphatic heterocycles. The third-order valence-electron chi connectivity index (χ3n) is 5.35. The van der Waals surface area contributed by atoms with Crippen LogP contribution in [0.1, 0.15) is 53.4 Å². The number of carbonyl (C=O) groups excluding carboxylic acids is 1. The maximum atomic E-state index is 10.9. The molecule has 0 spiro atoms. The highest BCUT2D eigenvalue weighted by molar-refractivity contribution is 5.48. The van der Waals surface area contributed by atoms with Crippen molar-refractivity contribution in [3.05, 3.63) is 11.6 Å². The molecule has 18 heavy (non-hydrogen) atoms. The monoisotopic (exact) mass is 249 g/mol. The SMILES string of the molecule is CC1=C[C@H]2C(C(C)C)CC[C@@](C)(NC=O)[C@H]2CC1. The average molecular weight is 249 g/mol. The number of rotatable bonds is 3. The Balaban J connectivity index is 2.29. The highest BCUT2D eigenvalue weighted by Gasteiger charge is 2.46. The van der Waals surface area contributed by atoms with Crippen LogP contribution >= 0.6 is 0 Å². The fraction of sp³-hybridized carbons (Fsp3) is 0.812. The van der Waals surface area contributed by atoms with Gasteiger partial charge in [0.25, 0.3) is 0 Å². The third-order valence-corrected chi connectivity index (χ3v) is 5.35. The lowest BCUT2D eigenvalue weighted by atomic mass is 9.57. The van der Waals surface area contributed by atoms with E-state index in [-0.39, 0.29) is 5.54 Å². The number of hydrogen-bond donors (Lipinski definition) is 1. The van der Waals surface area contributed by atoms with Gasteiger partial charge in [0.2, 0.25) is 6.41 Å². The van der Waals surface area contributed by atoms with Crippen molar-refractivity contribution < 1.29 is 4.79 Å². The summed E-state index contributed by atoms with van der Waals surface area (Å²) in [5.74, 6) is 2.80. The van der Waals surface area contributed by atoms with Gasteiger partial charge in [0, 0.05) is 5.54 Å². The standard InChI is InChI=1S/C16H27NO/c1-11(2)13-7-8-16(4,17-10-18)15-6-5-12(3)9-14(13)15/h9-11,13-15H,5-8H2,1-4H3,(H,17,18)/t13?,14-,15-,16+/m0/s1. The van der Waals surface area contributed by atoms with Crippen molar-refractivity contribution in [1.82, 2.24) is 5.32 Å². The van der Waals surface area contributed by atoms with E-state index in [0.29, 0.717) is 11.8 Å². The second kappa shape index (κ2) is 5.07. The van der Waals surface area contributed by atoms with Crippen molar-refractivity contribution in [2.24, 2.45) is 23.7 Å². The first-order valence-corrected chi connectivity index (χ1v) is 7.36. The molecule has 1 N–H and O–H groups in total. The van der Waals surface area contributed by atoms with E-state index in [1.807, 2.05) is 0 Å². The third kappa shape index (κ3) is 2.34. The van der Waals surface area contributed by atoms with Gasteiger partial charge in [0.1, 0.15) is 0 Å². The summed E-state index contributed by atoms with van der Waals surface area (Å²) in [5.41, 5.74) is 1.55. The smallest absolute Gasteiger partial charge is 0.207 e. The van der Waals surface area contributed by atoms with Gasteiger partial charge in [-0.05, 0) is 63.2 Å². The first-order valence-electron chi connectivity index (χ1n) is 7.36. The molecule has 1 amide bonds. The van der Waals surface area contributed by atoms with Gasteiger partial charge in [-0.25, -0.2) is 0 Å². The Morgan fingerprint density at radius 2 is 2.17 bits per heavy atom. The Labute approximate surface area is 111 Å². The number of carbonyl (C=O) groups is 1. The van der Waals surface area contributed by atoms with Gasteiger partial charge >= 0.3 is 0 Å². The molecule has 2 heteroatoms. The van der Waals surface area contributed by atoms with Crippen LogP contribution < -0.4 is 5.32 Å². The molecule has 4 atom stereocenters. The summed E-state index contributed by atoms with van der Waals surface area (Å²) in [6, 6.07) is 0. The summed E-state index contributed by atoms with van der Waals surface area (Å²) in [5, 5.41) is 3.12. The van der Waals surface area contributed by atoms with Gasteiger partial charge in [-0.3, -0.25) is 4.79 Å². The molecule has 1 unspecified atom stereocenters. The zero-order valence-electron chi connectivity index (χ0n) is 12.2. The first-order chi connectivity index (χ1) is 8.48. The van der Waals surface area contributed by atoms with E-state index in [0.717, 1.165) is 24.7 Å². The number of amides is 1. The molecule has 1 fully saturated rings. The molecule has 2 nitrogen and oxygen atoms in total. The van der Waals surface area contributed by atoms with Crippen LogP contribution in [0, 0.1) is 23.7 Å². The van der Waals surface area contributed by atoms with E-state index >= 15 is 0 Å². The summed E-state index contributed by atoms with van der Waals surface area (Å²) in [6.07, 6.45) is 8.19. The first kappa shape index (κ1) is 13.6. The normalized spacial score (nSPS) is 40.1. The van der Waals surface area contributed by atoms with Crippen molar-refractivity contribution in [2.45, 2.75) is 58.9 Å². The fourth-order valence-corrected chi connectivity index (χ4v) is 4.20. The molecular formula is C16H27NO. The Bertz CT molecular complexity index is 347. The van der Waals surface area contributed by atoms with Crippen molar-refractivity contribution in [3.63, 3.8) is 0 Å². The minimum atomic E-state index is 0.00894. The fourth-order valence-electron chi connectivity index (χ4n) is 4.20. The van der Waals surface area contributed by atoms with E-state index < -0.39 is 0 Å². The van der Waals surface area contributed by atoms with E-state index in [2.05, 4.69) is 39.1 Å². The molecule has 1 saturated carbocycles. The Morgan fingerprint density at radius 3 is 2.78 bits per heavy atom. The molecular weight excluding hydrogens is 222 g/mol. The molecule has 102 valence electrons. The summed E-state index contributed by atoms with van der Waals surface area (Å²) < 4.78 is 0. The van der Waals surface area contributed by atoms with E-state index in [9.17, 15) is 4.79 Å². The summed E-state index contributed by atoms with van der Waals surface area (Å²) in [7, 11) is 0. The van der Waals surface area contributed by atoms with Crippen molar-refractivity contribution in [1.29, 1.82) is 0 Å². The predicted molar refractivity (Wildman–Crippen MR) is 75.1 cm³/mol. The quantitative estimate of drug-likeness (QED) is 0.601. The highest BCUT2D eigenvalue weighted by atomic mass is 16.1. The van der Waals surface area contributed by atoms with Crippen LogP contribution in [-0.2, 0) is 4.79 Å². The summed E-state index contributed by atoms with van der Waals surface area (Å²) in [4.78, 5) is 10.9. The second-order valence-electron chi connectivity index (χ2n) is 6.86. The lowest BCUT2D eigenvalue weighted by molar-refractivity contribution is -0.113. The summed E-state index contributed by atoms with van der Waals surface area (Å²) in [6.45, 7) is 9.18. The largest absolute Gasteiger partial charge is 0.353 e. The molecule has 0 aromatic rings. The zero-order chi connectivity index (χ0) is 13.3. The van der Waals surface area contributed by atoms with Crippen LogP contribution in [0.25, 0.3) is 0 Å². The number of nitrogens with one attached hydrogen (secondary N) is 1. The molecule has 2 rings (SSSR count). The molecule has 2 aliphatic rings. The van der Waals surface area contributed by atoms with Crippen LogP contribution in [-0.4, -0.2) is 11.9 Å². The maximum absolute atomic E-state index is 10.9. The topological polar surface area (TPSA) is 29.1 Å². The van der Waals surface area contributed by atoms with E-state index in [1.165, 1.54) is 24.8 Å². The van der Waals surface area contributed by atoms with Crippen LogP contribution in [0.3, 0.4) is 0 Å². The molecule has 2 aliphatic carbocycles. The average Bonchev–Trinajstić information content (AvgIpc) is 2.28. The van der Waals surface area contributed by atoms with Gasteiger partial charge in [-0.15, -0.1) is 0 Å². The van der Waals surface area contributed by atoms with Crippen molar-refractivity contribution >= 4 is 6.41 Å². The van der Waals surface area contributed by atoms with E-state index in [1.54, 1.807) is 0 Å². The minimum absolute atomic E-state index is 0.00894. The van der Waals surface area contributed by atoms with Gasteiger partial charge in [0.15, 0.2) is 0 Å². The van der Waals surface area contributed by atoms with Crippen molar-refractivity contribution in [3.8, 4) is 0 Å². The zero-order valence-corrected chi connectivity index (χ0v) is 12.2. The molecule has 0 heterocycles. The second-order valence-corrected chi connectivity index (χ2v) is 6.86. The molecule has 0 radical (unpaired) electrons. The maximum Gasteiger partial charge on any atom is 0.207 e. The molecule has 0 aromatic carbocycles. The van der Waals surface area contributed by atoms with Gasteiger partial charge < -0.3 is 5.32 Å². The van der Waals surface area contributed by atoms with Gasteiger partial charge in [-0.2, -0.15) is 0 Å². The molecule has 0 bridgehead atoms. The number of allylic oxidation sites excluding steroid dienone is 2. The minimum Gasteiger partial charge on any atom is -0.353 e. The molecule has 0 aromatic heterocycles. The van der Waals surface area contributed by atoms with Crippen LogP contribution in [0.4, 0.5) is 0 Å². The van der Waals surface area contributed by atoms with Gasteiger partial charge in [0.05, 0.1) is 0 Å². The number of hydrogen-bond acceptors (Lipinski definition) is 1. The van der Waals surface area contributed by atoms with E-state index in [4.69, 9.17) is 0 Å². The van der Waals surface area contributed by atoms with Crippen LogP contribution in [0.2, 0.25) is 0 Å². The highest BCUT2D eigenvalue weighted by Crippen LogP contribution is 2.49. The van der Waals surface area contributed by atoms with Crippen LogP contribution in [0.5, 0.6) is 0 Å². The summed E-state index contributed by atoms with van der Waals surface area (Å²) >= 11 is 0. The predicted octanol–water partition coefficient (Wildman–Crippen LogP) is 3.53. The molecule has 0 saturated heterocycles. The number of fused-ring (bicyclic) bond motifs is 1. The van der Waals surface area contributed by atoms with Crippen LogP contribution in [0.15, 0.2) is 11.6 Å². The Morgan fingerprint density at radius 1 is 1.44 bits per heavy atom. The lowest BCUT2D eigenvalue weighted by Crippen LogP contribution is -2.56. The lowest BCUT2D eigenvalue weighted by Gasteiger charge is -2.51. The van der Waals surface area contributed by atoms with Gasteiger partial charge in [-0.1, -0.05) is 25.5 Å².